The second-order valence-electron chi connectivity index (χ2n) is 5.40. The van der Waals surface area contributed by atoms with Gasteiger partial charge < -0.3 is 9.88 Å². The molecular weight excluding hydrogens is 234 g/mol. The van der Waals surface area contributed by atoms with Gasteiger partial charge in [0.25, 0.3) is 0 Å². The Hall–Kier alpha value is -1.09. The second kappa shape index (κ2) is 7.49. The zero-order chi connectivity index (χ0) is 13.5. The van der Waals surface area contributed by atoms with Gasteiger partial charge in [-0.05, 0) is 45.1 Å². The van der Waals surface area contributed by atoms with Gasteiger partial charge >= 0.3 is 0 Å². The highest BCUT2D eigenvalue weighted by Gasteiger charge is 2.18. The van der Waals surface area contributed by atoms with E-state index in [1.807, 2.05) is 6.20 Å². The lowest BCUT2D eigenvalue weighted by molar-refractivity contribution is 0.476. The molecule has 0 spiro atoms. The highest BCUT2D eigenvalue weighted by atomic mass is 15.1. The van der Waals surface area contributed by atoms with E-state index in [-0.39, 0.29) is 0 Å². The van der Waals surface area contributed by atoms with Crippen molar-refractivity contribution in [1.82, 2.24) is 14.9 Å². The van der Waals surface area contributed by atoms with E-state index in [1.54, 1.807) is 5.57 Å². The van der Waals surface area contributed by atoms with Crippen LogP contribution in [0.4, 0.5) is 0 Å². The van der Waals surface area contributed by atoms with E-state index < -0.39 is 0 Å². The summed E-state index contributed by atoms with van der Waals surface area (Å²) in [5, 5.41) is 3.61. The van der Waals surface area contributed by atoms with Crippen molar-refractivity contribution in [3.8, 4) is 0 Å². The van der Waals surface area contributed by atoms with Gasteiger partial charge in [-0.25, -0.2) is 4.98 Å². The first-order valence-electron chi connectivity index (χ1n) is 7.77. The maximum absolute atomic E-state index is 4.59. The quantitative estimate of drug-likeness (QED) is 0.756. The predicted molar refractivity (Wildman–Crippen MR) is 80.1 cm³/mol. The van der Waals surface area contributed by atoms with Crippen molar-refractivity contribution in [2.75, 3.05) is 6.54 Å². The van der Waals surface area contributed by atoms with Gasteiger partial charge in [-0.3, -0.25) is 0 Å². The summed E-state index contributed by atoms with van der Waals surface area (Å²) in [5.41, 5.74) is 1.61. The molecule has 3 heteroatoms. The van der Waals surface area contributed by atoms with E-state index in [4.69, 9.17) is 0 Å². The molecule has 2 rings (SSSR count). The number of rotatable bonds is 7. The molecule has 1 aromatic heterocycles. The van der Waals surface area contributed by atoms with Crippen LogP contribution in [-0.4, -0.2) is 16.1 Å². The second-order valence-corrected chi connectivity index (χ2v) is 5.40. The fourth-order valence-corrected chi connectivity index (χ4v) is 2.91. The van der Waals surface area contributed by atoms with Gasteiger partial charge in [0.05, 0.1) is 6.04 Å². The SMILES string of the molecule is CCCn1ccnc1C(CC1=CCCCC1)NCC. The lowest BCUT2D eigenvalue weighted by Gasteiger charge is -2.22. The van der Waals surface area contributed by atoms with Crippen LogP contribution in [0.2, 0.25) is 0 Å². The van der Waals surface area contributed by atoms with Crippen LogP contribution in [0.25, 0.3) is 0 Å². The highest BCUT2D eigenvalue weighted by Crippen LogP contribution is 2.27. The molecule has 0 fully saturated rings. The molecule has 1 unspecified atom stereocenters. The first-order valence-corrected chi connectivity index (χ1v) is 7.77. The number of hydrogen-bond acceptors (Lipinski definition) is 2. The summed E-state index contributed by atoms with van der Waals surface area (Å²) in [7, 11) is 0. The lowest BCUT2D eigenvalue weighted by atomic mass is 9.94. The topological polar surface area (TPSA) is 29.9 Å². The van der Waals surface area contributed by atoms with Gasteiger partial charge in [0.2, 0.25) is 0 Å². The molecule has 0 saturated carbocycles. The van der Waals surface area contributed by atoms with Crippen molar-refractivity contribution in [3.05, 3.63) is 29.9 Å². The van der Waals surface area contributed by atoms with Gasteiger partial charge in [0.1, 0.15) is 5.82 Å². The largest absolute Gasteiger partial charge is 0.334 e. The average molecular weight is 261 g/mol. The van der Waals surface area contributed by atoms with Crippen LogP contribution in [-0.2, 0) is 6.54 Å². The Balaban J connectivity index is 2.09. The molecule has 1 aliphatic rings. The fraction of sp³-hybridized carbons (Fsp3) is 0.688. The van der Waals surface area contributed by atoms with Crippen molar-refractivity contribution < 1.29 is 0 Å². The standard InChI is InChI=1S/C16H27N3/c1-3-11-19-12-10-18-16(19)15(17-4-2)13-14-8-6-5-7-9-14/h8,10,12,15,17H,3-7,9,11,13H2,1-2H3. The Labute approximate surface area is 117 Å². The summed E-state index contributed by atoms with van der Waals surface area (Å²) in [6.45, 7) is 6.46. The van der Waals surface area contributed by atoms with Crippen molar-refractivity contribution in [1.29, 1.82) is 0 Å². The highest BCUT2D eigenvalue weighted by molar-refractivity contribution is 5.11. The van der Waals surface area contributed by atoms with Crippen LogP contribution >= 0.6 is 0 Å². The van der Waals surface area contributed by atoms with Crippen molar-refractivity contribution >= 4 is 0 Å². The van der Waals surface area contributed by atoms with Crippen LogP contribution < -0.4 is 5.32 Å². The Morgan fingerprint density at radius 1 is 1.37 bits per heavy atom. The number of aryl methyl sites for hydroxylation is 1. The maximum Gasteiger partial charge on any atom is 0.126 e. The molecule has 0 bridgehead atoms. The molecule has 0 aliphatic heterocycles. The van der Waals surface area contributed by atoms with Gasteiger partial charge in [0, 0.05) is 18.9 Å². The molecule has 1 heterocycles. The van der Waals surface area contributed by atoms with Crippen molar-refractivity contribution in [2.45, 2.75) is 65.0 Å². The van der Waals surface area contributed by atoms with E-state index in [0.29, 0.717) is 6.04 Å². The summed E-state index contributed by atoms with van der Waals surface area (Å²) < 4.78 is 2.30. The zero-order valence-electron chi connectivity index (χ0n) is 12.4. The summed E-state index contributed by atoms with van der Waals surface area (Å²) in [5.74, 6) is 1.20. The predicted octanol–water partition coefficient (Wildman–Crippen LogP) is 3.83. The maximum atomic E-state index is 4.59. The third-order valence-corrected chi connectivity index (χ3v) is 3.83. The molecule has 19 heavy (non-hydrogen) atoms. The Morgan fingerprint density at radius 2 is 2.26 bits per heavy atom. The Morgan fingerprint density at radius 3 is 2.95 bits per heavy atom. The first kappa shape index (κ1) is 14.3. The summed E-state index contributed by atoms with van der Waals surface area (Å²) in [6.07, 6.45) is 14.0. The Kier molecular flexibility index (Phi) is 5.64. The van der Waals surface area contributed by atoms with Crippen LogP contribution in [0.3, 0.4) is 0 Å². The minimum atomic E-state index is 0.371. The average Bonchev–Trinajstić information content (AvgIpc) is 2.88. The number of imidazole rings is 1. The molecule has 0 amide bonds. The molecule has 3 nitrogen and oxygen atoms in total. The van der Waals surface area contributed by atoms with Crippen LogP contribution in [0.1, 0.15) is 64.2 Å². The molecule has 0 saturated heterocycles. The minimum absolute atomic E-state index is 0.371. The normalized spacial score (nSPS) is 17.3. The molecule has 0 aromatic carbocycles. The number of hydrogen-bond donors (Lipinski definition) is 1. The van der Waals surface area contributed by atoms with Crippen LogP contribution in [0, 0.1) is 0 Å². The number of nitrogens with one attached hydrogen (secondary N) is 1. The van der Waals surface area contributed by atoms with E-state index in [9.17, 15) is 0 Å². The summed E-state index contributed by atoms with van der Waals surface area (Å²) >= 11 is 0. The van der Waals surface area contributed by atoms with Gasteiger partial charge in [-0.1, -0.05) is 25.5 Å². The molecular formula is C16H27N3. The molecule has 1 aliphatic carbocycles. The fourth-order valence-electron chi connectivity index (χ4n) is 2.91. The van der Waals surface area contributed by atoms with Gasteiger partial charge in [0.15, 0.2) is 0 Å². The Bertz CT molecular complexity index is 406. The molecule has 106 valence electrons. The summed E-state index contributed by atoms with van der Waals surface area (Å²) in [6, 6.07) is 0.371. The van der Waals surface area contributed by atoms with E-state index in [0.717, 1.165) is 25.9 Å². The molecule has 0 radical (unpaired) electrons. The van der Waals surface area contributed by atoms with Crippen LogP contribution in [0.15, 0.2) is 24.0 Å². The third kappa shape index (κ3) is 3.93. The van der Waals surface area contributed by atoms with E-state index in [2.05, 4.69) is 41.0 Å². The smallest absolute Gasteiger partial charge is 0.126 e. The molecule has 1 aromatic rings. The third-order valence-electron chi connectivity index (χ3n) is 3.83. The number of nitrogens with zero attached hydrogens (tertiary/aromatic N) is 2. The monoisotopic (exact) mass is 261 g/mol. The van der Waals surface area contributed by atoms with Crippen LogP contribution in [0.5, 0.6) is 0 Å². The number of aromatic nitrogens is 2. The van der Waals surface area contributed by atoms with Crippen molar-refractivity contribution in [3.63, 3.8) is 0 Å². The lowest BCUT2D eigenvalue weighted by Crippen LogP contribution is -2.25. The number of allylic oxidation sites excluding steroid dienone is 1. The van der Waals surface area contributed by atoms with E-state index in [1.165, 1.54) is 31.5 Å². The minimum Gasteiger partial charge on any atom is -0.334 e. The van der Waals surface area contributed by atoms with Crippen molar-refractivity contribution in [2.24, 2.45) is 0 Å². The molecule has 1 N–H and O–H groups in total. The first-order chi connectivity index (χ1) is 9.35. The molecule has 1 atom stereocenters. The summed E-state index contributed by atoms with van der Waals surface area (Å²) in [4.78, 5) is 4.59. The van der Waals surface area contributed by atoms with Gasteiger partial charge in [-0.15, -0.1) is 0 Å². The van der Waals surface area contributed by atoms with Gasteiger partial charge in [-0.2, -0.15) is 0 Å². The zero-order valence-corrected chi connectivity index (χ0v) is 12.4. The van der Waals surface area contributed by atoms with E-state index >= 15 is 0 Å².